The van der Waals surface area contributed by atoms with Crippen molar-refractivity contribution in [3.8, 4) is 5.75 Å². The van der Waals surface area contributed by atoms with Crippen LogP contribution in [0.3, 0.4) is 0 Å². The number of phenolic OH excluding ortho intramolecular Hbond substituents is 1. The molecule has 0 saturated carbocycles. The standard InChI is InChI=1S/C14H22ClNO/c1-4-11(5-2)10(3)16-9-12-7-6-8-13(15)14(12)17/h6-8,10-11,16-17H,4-5,9H2,1-3H3. The summed E-state index contributed by atoms with van der Waals surface area (Å²) in [7, 11) is 0. The molecule has 0 aliphatic rings. The van der Waals surface area contributed by atoms with Gasteiger partial charge in [0.2, 0.25) is 0 Å². The number of nitrogens with one attached hydrogen (secondary N) is 1. The number of hydrogen-bond acceptors (Lipinski definition) is 2. The zero-order chi connectivity index (χ0) is 12.8. The molecule has 1 aromatic rings. The van der Waals surface area contributed by atoms with Gasteiger partial charge in [-0.15, -0.1) is 0 Å². The van der Waals surface area contributed by atoms with Gasteiger partial charge in [-0.1, -0.05) is 50.4 Å². The Bertz CT molecular complexity index is 350. The minimum Gasteiger partial charge on any atom is -0.506 e. The third-order valence-corrected chi connectivity index (χ3v) is 3.75. The van der Waals surface area contributed by atoms with Crippen molar-refractivity contribution in [2.75, 3.05) is 0 Å². The molecule has 1 aromatic carbocycles. The van der Waals surface area contributed by atoms with E-state index < -0.39 is 0 Å². The second-order valence-corrected chi connectivity index (χ2v) is 4.90. The predicted octanol–water partition coefficient (Wildman–Crippen LogP) is 3.96. The van der Waals surface area contributed by atoms with E-state index in [1.165, 1.54) is 12.8 Å². The van der Waals surface area contributed by atoms with Crippen LogP contribution in [0.4, 0.5) is 0 Å². The Morgan fingerprint density at radius 1 is 1.29 bits per heavy atom. The van der Waals surface area contributed by atoms with Crippen LogP contribution in [0.15, 0.2) is 18.2 Å². The van der Waals surface area contributed by atoms with Crippen LogP contribution < -0.4 is 5.32 Å². The van der Waals surface area contributed by atoms with Crippen LogP contribution in [0.1, 0.15) is 39.2 Å². The number of benzene rings is 1. The fraction of sp³-hybridized carbons (Fsp3) is 0.571. The normalized spacial score (nSPS) is 13.0. The molecule has 17 heavy (non-hydrogen) atoms. The van der Waals surface area contributed by atoms with Crippen LogP contribution >= 0.6 is 11.6 Å². The topological polar surface area (TPSA) is 32.3 Å². The lowest BCUT2D eigenvalue weighted by Crippen LogP contribution is -2.32. The smallest absolute Gasteiger partial charge is 0.138 e. The van der Waals surface area contributed by atoms with Gasteiger partial charge in [0.1, 0.15) is 5.75 Å². The Kier molecular flexibility index (Phi) is 5.79. The zero-order valence-corrected chi connectivity index (χ0v) is 11.6. The third-order valence-electron chi connectivity index (χ3n) is 3.44. The molecule has 1 rings (SSSR count). The van der Waals surface area contributed by atoms with Crippen molar-refractivity contribution in [2.45, 2.75) is 46.2 Å². The molecule has 0 aliphatic carbocycles. The molecule has 0 spiro atoms. The predicted molar refractivity (Wildman–Crippen MR) is 73.5 cm³/mol. The molecule has 0 saturated heterocycles. The van der Waals surface area contributed by atoms with Gasteiger partial charge in [0, 0.05) is 18.2 Å². The lowest BCUT2D eigenvalue weighted by Gasteiger charge is -2.22. The van der Waals surface area contributed by atoms with Gasteiger partial charge in [-0.3, -0.25) is 0 Å². The van der Waals surface area contributed by atoms with Gasteiger partial charge in [-0.2, -0.15) is 0 Å². The van der Waals surface area contributed by atoms with Crippen molar-refractivity contribution in [1.29, 1.82) is 0 Å². The molecule has 0 amide bonds. The van der Waals surface area contributed by atoms with Crippen molar-refractivity contribution in [3.63, 3.8) is 0 Å². The first-order valence-electron chi connectivity index (χ1n) is 6.29. The quantitative estimate of drug-likeness (QED) is 0.807. The third kappa shape index (κ3) is 3.90. The van der Waals surface area contributed by atoms with E-state index in [0.29, 0.717) is 23.5 Å². The average Bonchev–Trinajstić information content (AvgIpc) is 2.32. The second kappa shape index (κ2) is 6.87. The summed E-state index contributed by atoms with van der Waals surface area (Å²) in [5, 5.41) is 13.7. The highest BCUT2D eigenvalue weighted by molar-refractivity contribution is 6.32. The van der Waals surface area contributed by atoms with E-state index in [1.807, 2.05) is 12.1 Å². The molecule has 1 atom stereocenters. The largest absolute Gasteiger partial charge is 0.506 e. The molecule has 0 radical (unpaired) electrons. The number of aromatic hydroxyl groups is 1. The van der Waals surface area contributed by atoms with Crippen LogP contribution in [-0.2, 0) is 6.54 Å². The Labute approximate surface area is 109 Å². The van der Waals surface area contributed by atoms with Crippen molar-refractivity contribution in [3.05, 3.63) is 28.8 Å². The second-order valence-electron chi connectivity index (χ2n) is 4.49. The molecular weight excluding hydrogens is 234 g/mol. The van der Waals surface area contributed by atoms with Crippen molar-refractivity contribution < 1.29 is 5.11 Å². The van der Waals surface area contributed by atoms with E-state index in [4.69, 9.17) is 11.6 Å². The molecule has 0 aliphatic heterocycles. The summed E-state index contributed by atoms with van der Waals surface area (Å²) in [5.41, 5.74) is 0.857. The molecular formula is C14H22ClNO. The molecule has 2 nitrogen and oxygen atoms in total. The van der Waals surface area contributed by atoms with Gasteiger partial charge < -0.3 is 10.4 Å². The minimum absolute atomic E-state index is 0.193. The van der Waals surface area contributed by atoms with Crippen LogP contribution in [0.5, 0.6) is 5.75 Å². The lowest BCUT2D eigenvalue weighted by molar-refractivity contribution is 0.350. The van der Waals surface area contributed by atoms with Gasteiger partial charge in [0.25, 0.3) is 0 Å². The minimum atomic E-state index is 0.193. The highest BCUT2D eigenvalue weighted by Gasteiger charge is 2.13. The van der Waals surface area contributed by atoms with Crippen molar-refractivity contribution in [1.82, 2.24) is 5.32 Å². The maximum atomic E-state index is 9.79. The molecule has 0 heterocycles. The summed E-state index contributed by atoms with van der Waals surface area (Å²) in [4.78, 5) is 0. The highest BCUT2D eigenvalue weighted by Crippen LogP contribution is 2.27. The molecule has 0 bridgehead atoms. The lowest BCUT2D eigenvalue weighted by atomic mass is 9.95. The summed E-state index contributed by atoms with van der Waals surface area (Å²) in [6.45, 7) is 7.27. The summed E-state index contributed by atoms with van der Waals surface area (Å²) >= 11 is 5.87. The summed E-state index contributed by atoms with van der Waals surface area (Å²) < 4.78 is 0. The summed E-state index contributed by atoms with van der Waals surface area (Å²) in [6, 6.07) is 5.91. The van der Waals surface area contributed by atoms with E-state index in [1.54, 1.807) is 6.07 Å². The SMILES string of the molecule is CCC(CC)C(C)NCc1cccc(Cl)c1O. The van der Waals surface area contributed by atoms with Crippen LogP contribution in [0.25, 0.3) is 0 Å². The van der Waals surface area contributed by atoms with Crippen molar-refractivity contribution >= 4 is 11.6 Å². The Balaban J connectivity index is 2.58. The Morgan fingerprint density at radius 3 is 2.53 bits per heavy atom. The molecule has 1 unspecified atom stereocenters. The number of phenols is 1. The van der Waals surface area contributed by atoms with E-state index in [0.717, 1.165) is 5.56 Å². The van der Waals surface area contributed by atoms with Gasteiger partial charge in [-0.05, 0) is 18.9 Å². The molecule has 96 valence electrons. The summed E-state index contributed by atoms with van der Waals surface area (Å²) in [5.74, 6) is 0.870. The molecule has 2 N–H and O–H groups in total. The van der Waals surface area contributed by atoms with Gasteiger partial charge in [0.05, 0.1) is 5.02 Å². The van der Waals surface area contributed by atoms with Crippen molar-refractivity contribution in [2.24, 2.45) is 5.92 Å². The molecule has 0 aromatic heterocycles. The zero-order valence-electron chi connectivity index (χ0n) is 10.8. The molecule has 0 fully saturated rings. The van der Waals surface area contributed by atoms with E-state index in [2.05, 4.69) is 26.1 Å². The van der Waals surface area contributed by atoms with Gasteiger partial charge >= 0.3 is 0 Å². The first-order valence-corrected chi connectivity index (χ1v) is 6.67. The Hall–Kier alpha value is -0.730. The highest BCUT2D eigenvalue weighted by atomic mass is 35.5. The summed E-state index contributed by atoms with van der Waals surface area (Å²) in [6.07, 6.45) is 2.35. The maximum absolute atomic E-state index is 9.79. The maximum Gasteiger partial charge on any atom is 0.138 e. The average molecular weight is 256 g/mol. The first-order chi connectivity index (χ1) is 8.10. The molecule has 3 heteroatoms. The van der Waals surface area contributed by atoms with E-state index >= 15 is 0 Å². The number of para-hydroxylation sites is 1. The van der Waals surface area contributed by atoms with E-state index in [9.17, 15) is 5.11 Å². The Morgan fingerprint density at radius 2 is 1.94 bits per heavy atom. The first kappa shape index (κ1) is 14.3. The number of hydrogen-bond donors (Lipinski definition) is 2. The fourth-order valence-corrected chi connectivity index (χ4v) is 2.33. The number of rotatable bonds is 6. The monoisotopic (exact) mass is 255 g/mol. The van der Waals surface area contributed by atoms with Crippen LogP contribution in [0.2, 0.25) is 5.02 Å². The van der Waals surface area contributed by atoms with Gasteiger partial charge in [0.15, 0.2) is 0 Å². The number of halogens is 1. The van der Waals surface area contributed by atoms with Crippen LogP contribution in [0, 0.1) is 5.92 Å². The van der Waals surface area contributed by atoms with Crippen LogP contribution in [-0.4, -0.2) is 11.1 Å². The fourth-order valence-electron chi connectivity index (χ4n) is 2.14. The van der Waals surface area contributed by atoms with E-state index in [-0.39, 0.29) is 5.75 Å². The van der Waals surface area contributed by atoms with Gasteiger partial charge in [-0.25, -0.2) is 0 Å².